The molecule has 0 unspecified atom stereocenters. The number of piperidine rings is 1. The third kappa shape index (κ3) is 4.92. The number of sulfonamides is 1. The number of thiophene rings is 1. The number of rotatable bonds is 6. The molecule has 32 heavy (non-hydrogen) atoms. The van der Waals surface area contributed by atoms with Gasteiger partial charge in [0.2, 0.25) is 27.6 Å². The van der Waals surface area contributed by atoms with Crippen LogP contribution < -0.4 is 5.32 Å². The topological polar surface area (TPSA) is 105 Å². The van der Waals surface area contributed by atoms with Gasteiger partial charge in [-0.2, -0.15) is 9.29 Å². The molecule has 176 valence electrons. The molecule has 1 atom stereocenters. The lowest BCUT2D eigenvalue weighted by Gasteiger charge is -2.32. The van der Waals surface area contributed by atoms with Crippen molar-refractivity contribution in [2.45, 2.75) is 82.6 Å². The average Bonchev–Trinajstić information content (AvgIpc) is 3.42. The van der Waals surface area contributed by atoms with Crippen LogP contribution in [0, 0.1) is 12.8 Å². The van der Waals surface area contributed by atoms with E-state index in [0.717, 1.165) is 32.1 Å². The van der Waals surface area contributed by atoms with Crippen LogP contribution in [0.15, 0.2) is 15.5 Å². The Hall–Kier alpha value is -1.78. The molecule has 3 heterocycles. The van der Waals surface area contributed by atoms with Crippen molar-refractivity contribution in [1.29, 1.82) is 0 Å². The fourth-order valence-electron chi connectivity index (χ4n) is 4.48. The van der Waals surface area contributed by atoms with Crippen molar-refractivity contribution in [3.63, 3.8) is 0 Å². The Morgan fingerprint density at radius 3 is 2.66 bits per heavy atom. The summed E-state index contributed by atoms with van der Waals surface area (Å²) in [5.41, 5.74) is 0. The first-order valence-corrected chi connectivity index (χ1v) is 13.8. The van der Waals surface area contributed by atoms with Gasteiger partial charge in [-0.05, 0) is 38.7 Å². The van der Waals surface area contributed by atoms with E-state index in [1.54, 1.807) is 13.0 Å². The van der Waals surface area contributed by atoms with Crippen LogP contribution in [0.3, 0.4) is 0 Å². The summed E-state index contributed by atoms with van der Waals surface area (Å²) in [5.74, 6) is 0.729. The van der Waals surface area contributed by atoms with Gasteiger partial charge in [0.1, 0.15) is 0 Å². The molecule has 2 fully saturated rings. The zero-order valence-corrected chi connectivity index (χ0v) is 20.6. The summed E-state index contributed by atoms with van der Waals surface area (Å²) in [6, 6.07) is 1.87. The van der Waals surface area contributed by atoms with Crippen molar-refractivity contribution < 1.29 is 17.7 Å². The van der Waals surface area contributed by atoms with Crippen molar-refractivity contribution in [3.05, 3.63) is 16.8 Å². The molecule has 8 nitrogen and oxygen atoms in total. The van der Waals surface area contributed by atoms with Crippen molar-refractivity contribution in [1.82, 2.24) is 19.8 Å². The molecule has 4 rings (SSSR count). The average molecular weight is 481 g/mol. The summed E-state index contributed by atoms with van der Waals surface area (Å²) in [6.07, 6.45) is 6.97. The van der Waals surface area contributed by atoms with Crippen LogP contribution in [0.5, 0.6) is 0 Å². The number of hydrogen-bond acceptors (Lipinski definition) is 7. The van der Waals surface area contributed by atoms with E-state index in [1.807, 2.05) is 13.8 Å². The lowest BCUT2D eigenvalue weighted by atomic mass is 9.93. The molecule has 1 saturated heterocycles. The third-order valence-electron chi connectivity index (χ3n) is 6.35. The molecule has 1 amide bonds. The van der Waals surface area contributed by atoms with Crippen molar-refractivity contribution in [2.24, 2.45) is 5.92 Å². The Morgan fingerprint density at radius 1 is 1.22 bits per heavy atom. The minimum atomic E-state index is -3.71. The van der Waals surface area contributed by atoms with E-state index in [4.69, 9.17) is 4.52 Å². The molecule has 0 radical (unpaired) electrons. The maximum Gasteiger partial charge on any atom is 0.244 e. The molecule has 0 aromatic carbocycles. The second-order valence-electron chi connectivity index (χ2n) is 9.19. The van der Waals surface area contributed by atoms with E-state index in [9.17, 15) is 13.2 Å². The molecule has 0 bridgehead atoms. The number of hydrogen-bond donors (Lipinski definition) is 1. The zero-order valence-electron chi connectivity index (χ0n) is 19.0. The summed E-state index contributed by atoms with van der Waals surface area (Å²) >= 11 is 1.34. The van der Waals surface area contributed by atoms with Crippen molar-refractivity contribution in [3.8, 4) is 10.7 Å². The Labute approximate surface area is 193 Å². The van der Waals surface area contributed by atoms with E-state index in [-0.39, 0.29) is 35.2 Å². The summed E-state index contributed by atoms with van der Waals surface area (Å²) in [7, 11) is -3.71. The van der Waals surface area contributed by atoms with Crippen LogP contribution in [0.25, 0.3) is 10.7 Å². The summed E-state index contributed by atoms with van der Waals surface area (Å²) in [6.45, 7) is 6.38. The van der Waals surface area contributed by atoms with E-state index in [1.165, 1.54) is 22.1 Å². The largest absolute Gasteiger partial charge is 0.353 e. The van der Waals surface area contributed by atoms with E-state index >= 15 is 0 Å². The Bertz CT molecular complexity index is 1050. The highest BCUT2D eigenvalue weighted by Gasteiger charge is 2.35. The second kappa shape index (κ2) is 9.61. The second-order valence-corrected chi connectivity index (χ2v) is 12.4. The van der Waals surface area contributed by atoms with Gasteiger partial charge in [0.05, 0.1) is 15.7 Å². The fraction of sp³-hybridized carbons (Fsp3) is 0.682. The molecule has 0 spiro atoms. The highest BCUT2D eigenvalue weighted by atomic mass is 32.2. The number of amides is 1. The summed E-state index contributed by atoms with van der Waals surface area (Å²) < 4.78 is 33.7. The van der Waals surface area contributed by atoms with Crippen LogP contribution in [0.4, 0.5) is 0 Å². The van der Waals surface area contributed by atoms with Gasteiger partial charge in [0, 0.05) is 29.9 Å². The predicted molar refractivity (Wildman–Crippen MR) is 123 cm³/mol. The molecule has 1 aliphatic carbocycles. The lowest BCUT2D eigenvalue weighted by molar-refractivity contribution is -0.127. The maximum absolute atomic E-state index is 13.5. The molecule has 2 aromatic rings. The number of carbonyl (C=O) groups is 1. The van der Waals surface area contributed by atoms with Gasteiger partial charge in [0.15, 0.2) is 0 Å². The van der Waals surface area contributed by atoms with Crippen LogP contribution in [0.2, 0.25) is 0 Å². The Morgan fingerprint density at radius 2 is 1.97 bits per heavy atom. The molecule has 2 aromatic heterocycles. The van der Waals surface area contributed by atoms with Gasteiger partial charge in [-0.15, -0.1) is 11.3 Å². The number of carbonyl (C=O) groups excluding carboxylic acids is 1. The number of nitrogens with zero attached hydrogens (tertiary/aromatic N) is 3. The van der Waals surface area contributed by atoms with Gasteiger partial charge < -0.3 is 9.84 Å². The SMILES string of the molecule is Cc1sc(-c2noc(C(C)C)n2)cc1S(=O)(=O)N1CCC[C@H](C(=O)NC2CCCCC2)C1. The van der Waals surface area contributed by atoms with Crippen LogP contribution in [-0.4, -0.2) is 47.9 Å². The quantitative estimate of drug-likeness (QED) is 0.668. The summed E-state index contributed by atoms with van der Waals surface area (Å²) in [4.78, 5) is 18.8. The molecular weight excluding hydrogens is 448 g/mol. The molecule has 1 N–H and O–H groups in total. The van der Waals surface area contributed by atoms with E-state index in [0.29, 0.717) is 34.4 Å². The highest BCUT2D eigenvalue weighted by Crippen LogP contribution is 2.35. The first-order chi connectivity index (χ1) is 15.3. The normalized spacial score (nSPS) is 21.2. The fourth-order valence-corrected chi connectivity index (χ4v) is 7.49. The van der Waals surface area contributed by atoms with Gasteiger partial charge >= 0.3 is 0 Å². The third-order valence-corrected chi connectivity index (χ3v) is 9.52. The molecule has 2 aliphatic rings. The van der Waals surface area contributed by atoms with Crippen LogP contribution >= 0.6 is 11.3 Å². The summed E-state index contributed by atoms with van der Waals surface area (Å²) in [5, 5.41) is 7.17. The number of nitrogens with one attached hydrogen (secondary N) is 1. The minimum Gasteiger partial charge on any atom is -0.353 e. The lowest BCUT2D eigenvalue weighted by Crippen LogP contribution is -2.47. The minimum absolute atomic E-state index is 0.00691. The van der Waals surface area contributed by atoms with E-state index < -0.39 is 10.0 Å². The molecule has 1 saturated carbocycles. The molecule has 10 heteroatoms. The maximum atomic E-state index is 13.5. The zero-order chi connectivity index (χ0) is 22.9. The smallest absolute Gasteiger partial charge is 0.244 e. The standard InChI is InChI=1S/C22H32N4O4S2/c1-14(2)22-24-20(25-30-22)18-12-19(15(3)31-18)32(28,29)26-11-7-8-16(13-26)21(27)23-17-9-5-4-6-10-17/h12,14,16-17H,4-11,13H2,1-3H3,(H,23,27)/t16-/m0/s1. The number of aromatic nitrogens is 2. The first-order valence-electron chi connectivity index (χ1n) is 11.5. The Kier molecular flexibility index (Phi) is 7.02. The van der Waals surface area contributed by atoms with Crippen LogP contribution in [0.1, 0.15) is 75.5 Å². The predicted octanol–water partition coefficient (Wildman–Crippen LogP) is 4.08. The van der Waals surface area contributed by atoms with E-state index in [2.05, 4.69) is 15.5 Å². The number of aryl methyl sites for hydroxylation is 1. The van der Waals surface area contributed by atoms with Gasteiger partial charge in [-0.3, -0.25) is 4.79 Å². The van der Waals surface area contributed by atoms with Gasteiger partial charge in [-0.25, -0.2) is 8.42 Å². The first kappa shape index (κ1) is 23.4. The van der Waals surface area contributed by atoms with Gasteiger partial charge in [0.25, 0.3) is 0 Å². The Balaban J connectivity index is 1.48. The van der Waals surface area contributed by atoms with Crippen molar-refractivity contribution in [2.75, 3.05) is 13.1 Å². The molecular formula is C22H32N4O4S2. The van der Waals surface area contributed by atoms with Gasteiger partial charge in [-0.1, -0.05) is 38.3 Å². The molecule has 1 aliphatic heterocycles. The highest BCUT2D eigenvalue weighted by molar-refractivity contribution is 7.89. The van der Waals surface area contributed by atoms with Crippen molar-refractivity contribution >= 4 is 27.3 Å². The monoisotopic (exact) mass is 480 g/mol. The van der Waals surface area contributed by atoms with Crippen LogP contribution in [-0.2, 0) is 14.8 Å².